The molecule has 2 fully saturated rings. The Morgan fingerprint density at radius 1 is 1.23 bits per heavy atom. The van der Waals surface area contributed by atoms with Gasteiger partial charge in [-0.05, 0) is 79.8 Å². The van der Waals surface area contributed by atoms with Gasteiger partial charge in [0.25, 0.3) is 0 Å². The number of thiocarbonyl (C=S) groups is 1. The van der Waals surface area contributed by atoms with Crippen LogP contribution in [0.4, 0.5) is 0 Å². The highest BCUT2D eigenvalue weighted by atomic mass is 32.1. The second-order valence-electron chi connectivity index (χ2n) is 7.33. The fraction of sp³-hybridized carbons (Fsp3) is 0.632. The van der Waals surface area contributed by atoms with Gasteiger partial charge in [0.15, 0.2) is 0 Å². The lowest BCUT2D eigenvalue weighted by Crippen LogP contribution is -2.33. The standard InChI is InChI=1S/C19H23NOS/c1-21-16-6-8-19(9-7-16)11-15-5-4-14(13-2-3-13)10-17(15)18(19)20-12-22/h4-5,10,13,16,18H,2-3,6-9,11H2,1H3. The highest BCUT2D eigenvalue weighted by Gasteiger charge is 2.48. The minimum Gasteiger partial charge on any atom is -0.381 e. The van der Waals surface area contributed by atoms with Crippen LogP contribution in [0.1, 0.15) is 67.2 Å². The predicted octanol–water partition coefficient (Wildman–Crippen LogP) is 4.84. The molecular weight excluding hydrogens is 290 g/mol. The summed E-state index contributed by atoms with van der Waals surface area (Å²) in [7, 11) is 1.83. The first-order chi connectivity index (χ1) is 10.8. The molecule has 1 spiro atoms. The van der Waals surface area contributed by atoms with Crippen LogP contribution in [-0.2, 0) is 11.2 Å². The van der Waals surface area contributed by atoms with Crippen molar-refractivity contribution in [3.8, 4) is 0 Å². The number of isothiocyanates is 1. The van der Waals surface area contributed by atoms with Crippen molar-refractivity contribution in [2.75, 3.05) is 7.11 Å². The van der Waals surface area contributed by atoms with E-state index in [1.54, 1.807) is 0 Å². The van der Waals surface area contributed by atoms with Gasteiger partial charge in [0.1, 0.15) is 0 Å². The molecule has 3 aliphatic rings. The molecule has 0 heterocycles. The molecule has 3 aliphatic carbocycles. The number of methoxy groups -OCH3 is 1. The van der Waals surface area contributed by atoms with Crippen LogP contribution in [0.25, 0.3) is 0 Å². The van der Waals surface area contributed by atoms with E-state index in [2.05, 4.69) is 28.4 Å². The molecule has 2 saturated carbocycles. The number of rotatable bonds is 3. The fourth-order valence-electron chi connectivity index (χ4n) is 4.62. The van der Waals surface area contributed by atoms with Gasteiger partial charge in [-0.15, -0.1) is 0 Å². The van der Waals surface area contributed by atoms with Crippen LogP contribution >= 0.6 is 12.2 Å². The van der Waals surface area contributed by atoms with Gasteiger partial charge in [-0.1, -0.05) is 18.2 Å². The number of hydrogen-bond donors (Lipinski definition) is 0. The summed E-state index contributed by atoms with van der Waals surface area (Å²) in [4.78, 5) is 4.64. The van der Waals surface area contributed by atoms with E-state index in [-0.39, 0.29) is 11.5 Å². The second kappa shape index (κ2) is 5.56. The molecule has 1 aromatic carbocycles. The molecule has 4 rings (SSSR count). The van der Waals surface area contributed by atoms with Crippen molar-refractivity contribution in [3.05, 3.63) is 34.9 Å². The first kappa shape index (κ1) is 14.6. The van der Waals surface area contributed by atoms with E-state index in [4.69, 9.17) is 17.0 Å². The Hall–Kier alpha value is -1.02. The van der Waals surface area contributed by atoms with E-state index >= 15 is 0 Å². The summed E-state index contributed by atoms with van der Waals surface area (Å²) in [6, 6.07) is 7.34. The summed E-state index contributed by atoms with van der Waals surface area (Å²) < 4.78 is 5.56. The number of fused-ring (bicyclic) bond motifs is 1. The minimum absolute atomic E-state index is 0.219. The largest absolute Gasteiger partial charge is 0.381 e. The topological polar surface area (TPSA) is 21.6 Å². The summed E-state index contributed by atoms with van der Waals surface area (Å²) in [5.41, 5.74) is 4.67. The van der Waals surface area contributed by atoms with Crippen LogP contribution in [0.15, 0.2) is 23.2 Å². The number of aliphatic imine (C=N–C) groups is 1. The van der Waals surface area contributed by atoms with Gasteiger partial charge in [-0.3, -0.25) is 0 Å². The van der Waals surface area contributed by atoms with Gasteiger partial charge in [0, 0.05) is 12.5 Å². The van der Waals surface area contributed by atoms with Gasteiger partial charge in [0.05, 0.1) is 17.3 Å². The quantitative estimate of drug-likeness (QED) is 0.588. The molecule has 0 N–H and O–H groups in total. The SMILES string of the molecule is COC1CCC2(CC1)Cc1ccc(C3CC3)cc1C2N=C=S. The van der Waals surface area contributed by atoms with E-state index < -0.39 is 0 Å². The third-order valence-electron chi connectivity index (χ3n) is 6.08. The Kier molecular flexibility index (Phi) is 3.68. The van der Waals surface area contributed by atoms with Crippen LogP contribution in [-0.4, -0.2) is 18.4 Å². The molecule has 0 aliphatic heterocycles. The van der Waals surface area contributed by atoms with E-state index in [1.165, 1.54) is 42.4 Å². The van der Waals surface area contributed by atoms with Gasteiger partial charge in [0.2, 0.25) is 0 Å². The lowest BCUT2D eigenvalue weighted by molar-refractivity contribution is 0.0212. The van der Waals surface area contributed by atoms with Gasteiger partial charge in [-0.2, -0.15) is 0 Å². The van der Waals surface area contributed by atoms with Crippen molar-refractivity contribution < 1.29 is 4.74 Å². The normalized spacial score (nSPS) is 33.5. The van der Waals surface area contributed by atoms with E-state index in [0.29, 0.717) is 6.10 Å². The van der Waals surface area contributed by atoms with Crippen molar-refractivity contribution in [3.63, 3.8) is 0 Å². The van der Waals surface area contributed by atoms with Crippen LogP contribution in [0.2, 0.25) is 0 Å². The summed E-state index contributed by atoms with van der Waals surface area (Å²) in [5, 5.41) is 2.69. The highest BCUT2D eigenvalue weighted by Crippen LogP contribution is 2.56. The number of ether oxygens (including phenoxy) is 1. The van der Waals surface area contributed by atoms with Crippen LogP contribution < -0.4 is 0 Å². The van der Waals surface area contributed by atoms with Crippen molar-refractivity contribution in [2.45, 2.75) is 63.0 Å². The van der Waals surface area contributed by atoms with E-state index in [9.17, 15) is 0 Å². The number of nitrogens with zero attached hydrogens (tertiary/aromatic N) is 1. The molecule has 0 saturated heterocycles. The summed E-state index contributed by atoms with van der Waals surface area (Å²) in [5.74, 6) is 0.795. The lowest BCUT2D eigenvalue weighted by Gasteiger charge is -2.39. The zero-order valence-electron chi connectivity index (χ0n) is 13.2. The smallest absolute Gasteiger partial charge is 0.0914 e. The molecule has 1 atom stereocenters. The molecule has 22 heavy (non-hydrogen) atoms. The lowest BCUT2D eigenvalue weighted by atomic mass is 9.69. The Bertz CT molecular complexity index is 622. The molecule has 2 nitrogen and oxygen atoms in total. The molecule has 1 unspecified atom stereocenters. The Morgan fingerprint density at radius 2 is 2.00 bits per heavy atom. The van der Waals surface area contributed by atoms with Gasteiger partial charge >= 0.3 is 0 Å². The minimum atomic E-state index is 0.219. The number of hydrogen-bond acceptors (Lipinski definition) is 3. The molecule has 0 aromatic heterocycles. The summed E-state index contributed by atoms with van der Waals surface area (Å²) in [6.45, 7) is 0. The van der Waals surface area contributed by atoms with Gasteiger partial charge in [-0.25, -0.2) is 4.99 Å². The maximum atomic E-state index is 5.56. The first-order valence-electron chi connectivity index (χ1n) is 8.48. The van der Waals surface area contributed by atoms with Crippen LogP contribution in [0, 0.1) is 5.41 Å². The Balaban J connectivity index is 1.68. The predicted molar refractivity (Wildman–Crippen MR) is 91.6 cm³/mol. The van der Waals surface area contributed by atoms with Crippen molar-refractivity contribution in [2.24, 2.45) is 10.4 Å². The van der Waals surface area contributed by atoms with Crippen LogP contribution in [0.5, 0.6) is 0 Å². The monoisotopic (exact) mass is 313 g/mol. The maximum Gasteiger partial charge on any atom is 0.0914 e. The third-order valence-corrected chi connectivity index (χ3v) is 6.18. The van der Waals surface area contributed by atoms with Gasteiger partial charge < -0.3 is 4.74 Å². The van der Waals surface area contributed by atoms with Crippen molar-refractivity contribution in [1.29, 1.82) is 0 Å². The second-order valence-corrected chi connectivity index (χ2v) is 7.51. The molecule has 0 radical (unpaired) electrons. The molecule has 1 aromatic rings. The third kappa shape index (κ3) is 2.36. The number of benzene rings is 1. The molecular formula is C19H23NOS. The zero-order chi connectivity index (χ0) is 15.2. The summed E-state index contributed by atoms with van der Waals surface area (Å²) in [6.07, 6.45) is 8.92. The van der Waals surface area contributed by atoms with Crippen molar-refractivity contribution >= 4 is 17.4 Å². The average Bonchev–Trinajstić information content (AvgIpc) is 3.35. The average molecular weight is 313 g/mol. The molecule has 0 bridgehead atoms. The fourth-order valence-corrected chi connectivity index (χ4v) is 4.72. The highest BCUT2D eigenvalue weighted by molar-refractivity contribution is 7.78. The summed E-state index contributed by atoms with van der Waals surface area (Å²) >= 11 is 4.97. The maximum absolute atomic E-state index is 5.56. The zero-order valence-corrected chi connectivity index (χ0v) is 14.0. The van der Waals surface area contributed by atoms with E-state index in [0.717, 1.165) is 25.2 Å². The Morgan fingerprint density at radius 3 is 2.64 bits per heavy atom. The molecule has 0 amide bonds. The molecule has 116 valence electrons. The van der Waals surface area contributed by atoms with Crippen molar-refractivity contribution in [1.82, 2.24) is 0 Å². The Labute approximate surface area is 138 Å². The first-order valence-corrected chi connectivity index (χ1v) is 8.89. The van der Waals surface area contributed by atoms with Crippen LogP contribution in [0.3, 0.4) is 0 Å². The molecule has 3 heteroatoms. The van der Waals surface area contributed by atoms with E-state index in [1.807, 2.05) is 7.11 Å².